The van der Waals surface area contributed by atoms with E-state index in [0.717, 1.165) is 21.1 Å². The molecule has 1 aromatic heterocycles. The number of nitriles is 1. The third-order valence-electron chi connectivity index (χ3n) is 2.97. The molecule has 2 aromatic carbocycles. The second-order valence-electron chi connectivity index (χ2n) is 4.29. The maximum Gasteiger partial charge on any atom is 0.149 e. The summed E-state index contributed by atoms with van der Waals surface area (Å²) in [6.45, 7) is 0. The fourth-order valence-electron chi connectivity index (χ4n) is 1.98. The minimum absolute atomic E-state index is 0.507. The van der Waals surface area contributed by atoms with Gasteiger partial charge in [0, 0.05) is 4.47 Å². The first-order valence-electron chi connectivity index (χ1n) is 6.09. The largest absolute Gasteiger partial charge is 0.337 e. The highest BCUT2D eigenvalue weighted by Crippen LogP contribution is 2.23. The molecule has 0 bridgehead atoms. The molecule has 0 spiro atoms. The van der Waals surface area contributed by atoms with Crippen LogP contribution in [0.15, 0.2) is 53.0 Å². The molecule has 3 nitrogen and oxygen atoms in total. The van der Waals surface area contributed by atoms with Crippen LogP contribution < -0.4 is 0 Å². The van der Waals surface area contributed by atoms with Crippen molar-refractivity contribution in [3.05, 3.63) is 64.4 Å². The van der Waals surface area contributed by atoms with Crippen LogP contribution in [0.25, 0.3) is 22.7 Å². The van der Waals surface area contributed by atoms with Gasteiger partial charge in [0.05, 0.1) is 16.6 Å². The highest BCUT2D eigenvalue weighted by molar-refractivity contribution is 9.10. The van der Waals surface area contributed by atoms with Crippen LogP contribution in [0, 0.1) is 11.3 Å². The number of hydrogen-bond donors (Lipinski definition) is 1. The predicted molar refractivity (Wildman–Crippen MR) is 83.7 cm³/mol. The Kier molecular flexibility index (Phi) is 3.36. The standard InChI is InChI=1S/C16H10BrN3/c17-13-6-2-1-5-11(13)9-12(10-18)16-19-14-7-3-4-8-15(14)20-16/h1-9H,(H,19,20). The number of rotatable bonds is 2. The Hall–Kier alpha value is -2.38. The zero-order valence-corrected chi connectivity index (χ0v) is 12.1. The minimum atomic E-state index is 0.507. The van der Waals surface area contributed by atoms with Crippen molar-refractivity contribution in [2.24, 2.45) is 0 Å². The Morgan fingerprint density at radius 2 is 1.90 bits per heavy atom. The number of para-hydroxylation sites is 2. The van der Waals surface area contributed by atoms with Gasteiger partial charge in [-0.3, -0.25) is 0 Å². The molecular formula is C16H10BrN3. The highest BCUT2D eigenvalue weighted by atomic mass is 79.9. The van der Waals surface area contributed by atoms with E-state index in [-0.39, 0.29) is 0 Å². The van der Waals surface area contributed by atoms with Crippen LogP contribution >= 0.6 is 15.9 Å². The molecule has 0 amide bonds. The summed E-state index contributed by atoms with van der Waals surface area (Å²) in [7, 11) is 0. The van der Waals surface area contributed by atoms with Gasteiger partial charge in [-0.15, -0.1) is 0 Å². The van der Waals surface area contributed by atoms with Gasteiger partial charge in [-0.1, -0.05) is 46.3 Å². The molecular weight excluding hydrogens is 314 g/mol. The molecule has 0 saturated heterocycles. The van der Waals surface area contributed by atoms with Gasteiger partial charge in [0.2, 0.25) is 0 Å². The molecule has 3 aromatic rings. The van der Waals surface area contributed by atoms with Gasteiger partial charge in [0.25, 0.3) is 0 Å². The lowest BCUT2D eigenvalue weighted by Crippen LogP contribution is -1.85. The maximum atomic E-state index is 9.36. The lowest BCUT2D eigenvalue weighted by Gasteiger charge is -1.98. The number of H-pyrrole nitrogens is 1. The number of nitrogens with zero attached hydrogens (tertiary/aromatic N) is 2. The second kappa shape index (κ2) is 5.32. The highest BCUT2D eigenvalue weighted by Gasteiger charge is 2.08. The van der Waals surface area contributed by atoms with Crippen molar-refractivity contribution in [3.8, 4) is 6.07 Å². The molecule has 4 heteroatoms. The molecule has 0 aliphatic rings. The summed E-state index contributed by atoms with van der Waals surface area (Å²) in [5.41, 5.74) is 3.24. The van der Waals surface area contributed by atoms with Gasteiger partial charge in [0.15, 0.2) is 0 Å². The summed E-state index contributed by atoms with van der Waals surface area (Å²) in [6, 6.07) is 17.7. The Morgan fingerprint density at radius 1 is 1.15 bits per heavy atom. The smallest absolute Gasteiger partial charge is 0.149 e. The third kappa shape index (κ3) is 2.36. The van der Waals surface area contributed by atoms with Crippen LogP contribution in [0.3, 0.4) is 0 Å². The van der Waals surface area contributed by atoms with E-state index in [9.17, 15) is 5.26 Å². The fraction of sp³-hybridized carbons (Fsp3) is 0. The fourth-order valence-corrected chi connectivity index (χ4v) is 2.38. The van der Waals surface area contributed by atoms with E-state index in [2.05, 4.69) is 32.0 Å². The maximum absolute atomic E-state index is 9.36. The first kappa shape index (κ1) is 12.6. The summed E-state index contributed by atoms with van der Waals surface area (Å²) in [5, 5.41) is 9.36. The van der Waals surface area contributed by atoms with Crippen molar-refractivity contribution in [2.45, 2.75) is 0 Å². The predicted octanol–water partition coefficient (Wildman–Crippen LogP) is 4.39. The number of hydrogen-bond acceptors (Lipinski definition) is 2. The van der Waals surface area contributed by atoms with Crippen LogP contribution in [0.4, 0.5) is 0 Å². The van der Waals surface area contributed by atoms with Crippen molar-refractivity contribution >= 4 is 38.6 Å². The SMILES string of the molecule is N#CC(=Cc1ccccc1Br)c1nc2ccccc2[nH]1. The van der Waals surface area contributed by atoms with E-state index in [1.165, 1.54) is 0 Å². The van der Waals surface area contributed by atoms with Crippen LogP contribution in [-0.4, -0.2) is 9.97 Å². The number of aromatic amines is 1. The summed E-state index contributed by atoms with van der Waals surface area (Å²) < 4.78 is 0.948. The van der Waals surface area contributed by atoms with Crippen LogP contribution in [-0.2, 0) is 0 Å². The average Bonchev–Trinajstić information content (AvgIpc) is 2.90. The van der Waals surface area contributed by atoms with Crippen LogP contribution in [0.1, 0.15) is 11.4 Å². The zero-order chi connectivity index (χ0) is 13.9. The van der Waals surface area contributed by atoms with Crippen molar-refractivity contribution < 1.29 is 0 Å². The van der Waals surface area contributed by atoms with Gasteiger partial charge < -0.3 is 4.98 Å². The molecule has 96 valence electrons. The first-order valence-corrected chi connectivity index (χ1v) is 6.88. The summed E-state index contributed by atoms with van der Waals surface area (Å²) >= 11 is 3.48. The molecule has 0 saturated carbocycles. The number of allylic oxidation sites excluding steroid dienone is 1. The van der Waals surface area contributed by atoms with E-state index in [1.54, 1.807) is 0 Å². The molecule has 1 heterocycles. The number of fused-ring (bicyclic) bond motifs is 1. The van der Waals surface area contributed by atoms with E-state index in [4.69, 9.17) is 0 Å². The molecule has 0 unspecified atom stereocenters. The Balaban J connectivity index is 2.10. The van der Waals surface area contributed by atoms with E-state index in [1.807, 2.05) is 54.6 Å². The topological polar surface area (TPSA) is 52.5 Å². The van der Waals surface area contributed by atoms with Gasteiger partial charge in [-0.2, -0.15) is 5.26 Å². The van der Waals surface area contributed by atoms with E-state index < -0.39 is 0 Å². The molecule has 1 N–H and O–H groups in total. The number of benzene rings is 2. The summed E-state index contributed by atoms with van der Waals surface area (Å²) in [5.74, 6) is 0.587. The Labute approximate surface area is 124 Å². The Morgan fingerprint density at radius 3 is 2.65 bits per heavy atom. The molecule has 3 rings (SSSR count). The lowest BCUT2D eigenvalue weighted by molar-refractivity contribution is 1.27. The van der Waals surface area contributed by atoms with Crippen LogP contribution in [0.5, 0.6) is 0 Å². The second-order valence-corrected chi connectivity index (χ2v) is 5.15. The van der Waals surface area contributed by atoms with E-state index in [0.29, 0.717) is 11.4 Å². The minimum Gasteiger partial charge on any atom is -0.337 e. The van der Waals surface area contributed by atoms with Crippen LogP contribution in [0.2, 0.25) is 0 Å². The quantitative estimate of drug-likeness (QED) is 0.711. The Bertz CT molecular complexity index is 807. The van der Waals surface area contributed by atoms with Gasteiger partial charge in [0.1, 0.15) is 11.9 Å². The van der Waals surface area contributed by atoms with Gasteiger partial charge in [-0.05, 0) is 29.8 Å². The molecule has 20 heavy (non-hydrogen) atoms. The molecule has 0 atom stereocenters. The number of imidazole rings is 1. The monoisotopic (exact) mass is 323 g/mol. The molecule has 0 radical (unpaired) electrons. The zero-order valence-electron chi connectivity index (χ0n) is 10.5. The summed E-state index contributed by atoms with van der Waals surface area (Å²) in [6.07, 6.45) is 1.82. The van der Waals surface area contributed by atoms with Gasteiger partial charge in [-0.25, -0.2) is 4.98 Å². The normalized spacial score (nSPS) is 11.5. The van der Waals surface area contributed by atoms with Crippen molar-refractivity contribution in [1.29, 1.82) is 5.26 Å². The van der Waals surface area contributed by atoms with Crippen molar-refractivity contribution in [3.63, 3.8) is 0 Å². The first-order chi connectivity index (χ1) is 9.78. The number of halogens is 1. The number of aromatic nitrogens is 2. The van der Waals surface area contributed by atoms with Crippen molar-refractivity contribution in [1.82, 2.24) is 9.97 Å². The average molecular weight is 324 g/mol. The molecule has 0 aliphatic carbocycles. The number of nitrogens with one attached hydrogen (secondary N) is 1. The van der Waals surface area contributed by atoms with Gasteiger partial charge >= 0.3 is 0 Å². The van der Waals surface area contributed by atoms with Crippen molar-refractivity contribution in [2.75, 3.05) is 0 Å². The summed E-state index contributed by atoms with van der Waals surface area (Å²) in [4.78, 5) is 7.62. The van der Waals surface area contributed by atoms with E-state index >= 15 is 0 Å². The third-order valence-corrected chi connectivity index (χ3v) is 3.69. The lowest BCUT2D eigenvalue weighted by atomic mass is 10.1. The molecule has 0 fully saturated rings. The molecule has 0 aliphatic heterocycles.